The van der Waals surface area contributed by atoms with Crippen molar-refractivity contribution in [2.45, 2.75) is 6.61 Å². The topological polar surface area (TPSA) is 35.2 Å². The maximum atomic E-state index is 6.03. The molecule has 0 aliphatic carbocycles. The lowest BCUT2D eigenvalue weighted by atomic mass is 10.2. The van der Waals surface area contributed by atoms with Crippen LogP contribution in [0.5, 0.6) is 5.75 Å². The van der Waals surface area contributed by atoms with Crippen LogP contribution in [0, 0.1) is 0 Å². The van der Waals surface area contributed by atoms with Crippen molar-refractivity contribution in [2.75, 3.05) is 5.73 Å². The van der Waals surface area contributed by atoms with Crippen LogP contribution in [-0.2, 0) is 6.61 Å². The highest BCUT2D eigenvalue weighted by Crippen LogP contribution is 2.22. The molecule has 2 aromatic carbocycles. The minimum Gasteiger partial charge on any atom is -0.489 e. The normalized spacial score (nSPS) is 10.2. The van der Waals surface area contributed by atoms with E-state index in [0.29, 0.717) is 28.1 Å². The number of nitrogen functional groups attached to an aromatic ring is 1. The Bertz CT molecular complexity index is 529. The van der Waals surface area contributed by atoms with E-state index in [1.54, 1.807) is 30.3 Å². The molecule has 88 valence electrons. The van der Waals surface area contributed by atoms with E-state index in [1.165, 1.54) is 0 Å². The minimum absolute atomic E-state index is 0.365. The lowest BCUT2D eigenvalue weighted by molar-refractivity contribution is 0.306. The lowest BCUT2D eigenvalue weighted by Crippen LogP contribution is -1.97. The van der Waals surface area contributed by atoms with Gasteiger partial charge in [0, 0.05) is 21.3 Å². The van der Waals surface area contributed by atoms with Crippen LogP contribution in [0.15, 0.2) is 42.5 Å². The van der Waals surface area contributed by atoms with Gasteiger partial charge in [0.2, 0.25) is 0 Å². The molecule has 0 radical (unpaired) electrons. The second-order valence-electron chi connectivity index (χ2n) is 3.60. The summed E-state index contributed by atoms with van der Waals surface area (Å²) in [5, 5.41) is 1.28. The monoisotopic (exact) mass is 267 g/mol. The Morgan fingerprint density at radius 3 is 2.65 bits per heavy atom. The predicted molar refractivity (Wildman–Crippen MR) is 71.6 cm³/mol. The number of ether oxygens (including phenoxy) is 1. The first-order valence-electron chi connectivity index (χ1n) is 5.07. The zero-order chi connectivity index (χ0) is 12.3. The van der Waals surface area contributed by atoms with Crippen molar-refractivity contribution >= 4 is 28.9 Å². The van der Waals surface area contributed by atoms with E-state index in [9.17, 15) is 0 Å². The maximum Gasteiger partial charge on any atom is 0.121 e. The molecule has 2 N–H and O–H groups in total. The number of benzene rings is 2. The molecule has 0 aliphatic heterocycles. The van der Waals surface area contributed by atoms with Crippen molar-refractivity contribution in [3.05, 3.63) is 58.1 Å². The second kappa shape index (κ2) is 5.30. The van der Waals surface area contributed by atoms with Gasteiger partial charge in [-0.25, -0.2) is 0 Å². The highest BCUT2D eigenvalue weighted by atomic mass is 35.5. The fraction of sp³-hybridized carbons (Fsp3) is 0.0769. The largest absolute Gasteiger partial charge is 0.489 e. The summed E-state index contributed by atoms with van der Waals surface area (Å²) in [5.41, 5.74) is 7.20. The van der Waals surface area contributed by atoms with Gasteiger partial charge in [0.05, 0.1) is 0 Å². The molecule has 0 spiro atoms. The number of hydrogen-bond donors (Lipinski definition) is 1. The second-order valence-corrected chi connectivity index (χ2v) is 4.44. The summed E-state index contributed by atoms with van der Waals surface area (Å²) < 4.78 is 5.58. The maximum absolute atomic E-state index is 6.03. The molecule has 4 heteroatoms. The van der Waals surface area contributed by atoms with Crippen LogP contribution in [0.4, 0.5) is 5.69 Å². The Labute approximate surface area is 110 Å². The lowest BCUT2D eigenvalue weighted by Gasteiger charge is -2.08. The summed E-state index contributed by atoms with van der Waals surface area (Å²) in [7, 11) is 0. The molecule has 0 aliphatic rings. The summed E-state index contributed by atoms with van der Waals surface area (Å²) in [6.07, 6.45) is 0. The molecule has 0 bridgehead atoms. The molecular formula is C13H11Cl2NO. The quantitative estimate of drug-likeness (QED) is 0.848. The van der Waals surface area contributed by atoms with E-state index < -0.39 is 0 Å². The van der Waals surface area contributed by atoms with Crippen molar-refractivity contribution in [3.63, 3.8) is 0 Å². The SMILES string of the molecule is Nc1ccc(Cl)c(COc2cccc(Cl)c2)c1. The highest BCUT2D eigenvalue weighted by molar-refractivity contribution is 6.31. The Kier molecular flexibility index (Phi) is 3.77. The fourth-order valence-electron chi connectivity index (χ4n) is 1.42. The molecule has 17 heavy (non-hydrogen) atoms. The van der Waals surface area contributed by atoms with Crippen LogP contribution in [0.25, 0.3) is 0 Å². The van der Waals surface area contributed by atoms with Gasteiger partial charge in [-0.05, 0) is 36.4 Å². The first kappa shape index (κ1) is 12.1. The smallest absolute Gasteiger partial charge is 0.121 e. The molecule has 2 rings (SSSR count). The van der Waals surface area contributed by atoms with Gasteiger partial charge < -0.3 is 10.5 Å². The van der Waals surface area contributed by atoms with Crippen LogP contribution in [0.1, 0.15) is 5.56 Å². The van der Waals surface area contributed by atoms with Crippen LogP contribution in [0.2, 0.25) is 10.0 Å². The van der Waals surface area contributed by atoms with E-state index in [-0.39, 0.29) is 0 Å². The first-order valence-corrected chi connectivity index (χ1v) is 5.83. The molecule has 0 fully saturated rings. The van der Waals surface area contributed by atoms with Crippen molar-refractivity contribution < 1.29 is 4.74 Å². The molecule has 0 heterocycles. The molecule has 2 nitrogen and oxygen atoms in total. The zero-order valence-corrected chi connectivity index (χ0v) is 10.5. The molecule has 0 aromatic heterocycles. The van der Waals surface area contributed by atoms with Gasteiger partial charge in [0.15, 0.2) is 0 Å². The van der Waals surface area contributed by atoms with E-state index in [4.69, 9.17) is 33.7 Å². The van der Waals surface area contributed by atoms with Crippen LogP contribution < -0.4 is 10.5 Å². The van der Waals surface area contributed by atoms with Crippen molar-refractivity contribution in [3.8, 4) is 5.75 Å². The van der Waals surface area contributed by atoms with E-state index >= 15 is 0 Å². The molecule has 0 saturated heterocycles. The van der Waals surface area contributed by atoms with E-state index in [0.717, 1.165) is 5.56 Å². The van der Waals surface area contributed by atoms with Crippen molar-refractivity contribution in [1.82, 2.24) is 0 Å². The Hall–Kier alpha value is -1.38. The summed E-state index contributed by atoms with van der Waals surface area (Å²) in [5.74, 6) is 0.705. The third-order valence-electron chi connectivity index (χ3n) is 2.26. The van der Waals surface area contributed by atoms with E-state index in [2.05, 4.69) is 0 Å². The zero-order valence-electron chi connectivity index (χ0n) is 8.99. The summed E-state index contributed by atoms with van der Waals surface area (Å²) in [6.45, 7) is 0.365. The van der Waals surface area contributed by atoms with Crippen LogP contribution in [0.3, 0.4) is 0 Å². The predicted octanol–water partition coefficient (Wildman–Crippen LogP) is 4.15. The highest BCUT2D eigenvalue weighted by Gasteiger charge is 2.02. The van der Waals surface area contributed by atoms with Gasteiger partial charge in [-0.3, -0.25) is 0 Å². The first-order chi connectivity index (χ1) is 8.15. The van der Waals surface area contributed by atoms with Gasteiger partial charge >= 0.3 is 0 Å². The van der Waals surface area contributed by atoms with Crippen LogP contribution in [-0.4, -0.2) is 0 Å². The third kappa shape index (κ3) is 3.29. The standard InChI is InChI=1S/C13H11Cl2NO/c14-10-2-1-3-12(7-10)17-8-9-6-11(16)4-5-13(9)15/h1-7H,8,16H2. The Balaban J connectivity index is 2.09. The van der Waals surface area contributed by atoms with Gasteiger partial charge in [-0.1, -0.05) is 29.3 Å². The van der Waals surface area contributed by atoms with Gasteiger partial charge in [0.25, 0.3) is 0 Å². The average molecular weight is 268 g/mol. The van der Waals surface area contributed by atoms with E-state index in [1.807, 2.05) is 12.1 Å². The average Bonchev–Trinajstić information content (AvgIpc) is 2.30. The third-order valence-corrected chi connectivity index (χ3v) is 2.86. The molecule has 0 atom stereocenters. The fourth-order valence-corrected chi connectivity index (χ4v) is 1.78. The number of nitrogens with two attached hydrogens (primary N) is 1. The number of halogens is 2. The van der Waals surface area contributed by atoms with Gasteiger partial charge in [-0.2, -0.15) is 0 Å². The van der Waals surface area contributed by atoms with Crippen molar-refractivity contribution in [2.24, 2.45) is 0 Å². The number of anilines is 1. The minimum atomic E-state index is 0.365. The summed E-state index contributed by atoms with van der Waals surface area (Å²) >= 11 is 11.9. The summed E-state index contributed by atoms with van der Waals surface area (Å²) in [4.78, 5) is 0. The Morgan fingerprint density at radius 1 is 1.06 bits per heavy atom. The number of hydrogen-bond acceptors (Lipinski definition) is 2. The molecule has 0 amide bonds. The van der Waals surface area contributed by atoms with Gasteiger partial charge in [-0.15, -0.1) is 0 Å². The Morgan fingerprint density at radius 2 is 1.88 bits per heavy atom. The van der Waals surface area contributed by atoms with Crippen molar-refractivity contribution in [1.29, 1.82) is 0 Å². The molecule has 0 unspecified atom stereocenters. The summed E-state index contributed by atoms with van der Waals surface area (Å²) in [6, 6.07) is 12.5. The molecule has 0 saturated carbocycles. The molecular weight excluding hydrogens is 257 g/mol. The number of rotatable bonds is 3. The molecule has 2 aromatic rings. The van der Waals surface area contributed by atoms with Gasteiger partial charge in [0.1, 0.15) is 12.4 Å². The van der Waals surface area contributed by atoms with Crippen LogP contribution >= 0.6 is 23.2 Å².